The van der Waals surface area contributed by atoms with Crippen LogP contribution in [-0.4, -0.2) is 16.8 Å². The number of nitriles is 1. The Morgan fingerprint density at radius 2 is 2.03 bits per heavy atom. The number of nitrogens with zero attached hydrogens (tertiary/aromatic N) is 2. The highest BCUT2D eigenvalue weighted by molar-refractivity contribution is 6.31. The summed E-state index contributed by atoms with van der Waals surface area (Å²) in [4.78, 5) is 0. The summed E-state index contributed by atoms with van der Waals surface area (Å²) in [7, 11) is 0. The van der Waals surface area contributed by atoms with Crippen LogP contribution in [0.3, 0.4) is 0 Å². The number of rotatable bonds is 4. The minimum Gasteiger partial charge on any atom is -0.494 e. The summed E-state index contributed by atoms with van der Waals surface area (Å²) in [6.07, 6.45) is 0. The summed E-state index contributed by atoms with van der Waals surface area (Å²) < 4.78 is 25.8. The minimum atomic E-state index is -0.863. The fourth-order valence-corrected chi connectivity index (χ4v) is 3.70. The number of ether oxygens (including phenoxy) is 2. The van der Waals surface area contributed by atoms with Gasteiger partial charge in [-0.3, -0.25) is 5.10 Å². The van der Waals surface area contributed by atoms with E-state index in [1.807, 2.05) is 37.3 Å². The number of hydrogen-bond donors (Lipinski definition) is 2. The molecule has 0 saturated heterocycles. The Kier molecular flexibility index (Phi) is 4.87. The molecule has 2 aromatic carbocycles. The lowest BCUT2D eigenvalue weighted by molar-refractivity contribution is 0.340. The van der Waals surface area contributed by atoms with E-state index in [9.17, 15) is 9.65 Å². The Hall–Kier alpha value is -3.50. The highest BCUT2D eigenvalue weighted by Crippen LogP contribution is 2.47. The lowest BCUT2D eigenvalue weighted by Crippen LogP contribution is -2.21. The van der Waals surface area contributed by atoms with E-state index in [1.165, 1.54) is 12.1 Å². The van der Waals surface area contributed by atoms with Crippen molar-refractivity contribution in [3.05, 3.63) is 75.9 Å². The number of nitrogens with one attached hydrogen (secondary N) is 1. The van der Waals surface area contributed by atoms with Gasteiger partial charge in [0.05, 0.1) is 23.8 Å². The van der Waals surface area contributed by atoms with Gasteiger partial charge in [-0.25, -0.2) is 4.39 Å². The topological polar surface area (TPSA) is 97.0 Å². The fraction of sp³-hybridized carbons (Fsp3) is 0.143. The average Bonchev–Trinajstić information content (AvgIpc) is 3.12. The van der Waals surface area contributed by atoms with Gasteiger partial charge in [-0.1, -0.05) is 17.7 Å². The summed E-state index contributed by atoms with van der Waals surface area (Å²) >= 11 is 6.32. The van der Waals surface area contributed by atoms with Gasteiger partial charge in [-0.05, 0) is 43.3 Å². The first-order valence-corrected chi connectivity index (χ1v) is 9.25. The second kappa shape index (κ2) is 7.49. The molecule has 29 heavy (non-hydrogen) atoms. The Balaban J connectivity index is 1.92. The molecule has 1 aliphatic heterocycles. The number of allylic oxidation sites excluding steroid dienone is 1. The van der Waals surface area contributed by atoms with Crippen LogP contribution in [0, 0.1) is 17.1 Å². The minimum absolute atomic E-state index is 0.0677. The lowest BCUT2D eigenvalue weighted by Gasteiger charge is -2.25. The van der Waals surface area contributed by atoms with E-state index in [0.717, 1.165) is 11.3 Å². The van der Waals surface area contributed by atoms with Gasteiger partial charge in [0.25, 0.3) is 0 Å². The number of aromatic amines is 1. The second-order valence-electron chi connectivity index (χ2n) is 6.33. The van der Waals surface area contributed by atoms with Crippen molar-refractivity contribution in [1.82, 2.24) is 10.2 Å². The van der Waals surface area contributed by atoms with E-state index in [1.54, 1.807) is 6.07 Å². The maximum absolute atomic E-state index is 14.8. The number of fused-ring (bicyclic) bond motifs is 1. The maximum atomic E-state index is 14.8. The van der Waals surface area contributed by atoms with E-state index in [4.69, 9.17) is 26.8 Å². The molecule has 2 heterocycles. The van der Waals surface area contributed by atoms with Crippen molar-refractivity contribution >= 4 is 11.6 Å². The lowest BCUT2D eigenvalue weighted by atomic mass is 9.82. The van der Waals surface area contributed by atoms with Crippen LogP contribution in [0.25, 0.3) is 11.3 Å². The van der Waals surface area contributed by atoms with E-state index in [-0.39, 0.29) is 27.9 Å². The van der Waals surface area contributed by atoms with E-state index in [0.29, 0.717) is 17.9 Å². The monoisotopic (exact) mass is 410 g/mol. The summed E-state index contributed by atoms with van der Waals surface area (Å²) in [5, 5.41) is 17.0. The molecule has 0 aliphatic carbocycles. The van der Waals surface area contributed by atoms with E-state index < -0.39 is 11.7 Å². The number of aromatic nitrogens is 2. The molecule has 0 spiro atoms. The molecule has 8 heteroatoms. The van der Waals surface area contributed by atoms with Crippen molar-refractivity contribution in [1.29, 1.82) is 5.26 Å². The van der Waals surface area contributed by atoms with Crippen molar-refractivity contribution in [3.8, 4) is 29.0 Å². The van der Waals surface area contributed by atoms with Crippen LogP contribution in [0.4, 0.5) is 4.39 Å². The molecule has 3 N–H and O–H groups in total. The van der Waals surface area contributed by atoms with Crippen LogP contribution < -0.4 is 15.2 Å². The molecule has 0 bridgehead atoms. The van der Waals surface area contributed by atoms with Crippen LogP contribution in [0.1, 0.15) is 24.0 Å². The van der Waals surface area contributed by atoms with E-state index >= 15 is 0 Å². The molecule has 0 fully saturated rings. The zero-order valence-electron chi connectivity index (χ0n) is 15.4. The molecule has 3 aromatic rings. The van der Waals surface area contributed by atoms with Gasteiger partial charge in [0.1, 0.15) is 23.2 Å². The van der Waals surface area contributed by atoms with Crippen LogP contribution in [0.2, 0.25) is 5.02 Å². The molecule has 1 atom stereocenters. The van der Waals surface area contributed by atoms with Crippen LogP contribution in [0.5, 0.6) is 11.6 Å². The normalized spacial score (nSPS) is 15.4. The predicted octanol–water partition coefficient (Wildman–Crippen LogP) is 4.49. The average molecular weight is 411 g/mol. The van der Waals surface area contributed by atoms with Crippen LogP contribution >= 0.6 is 11.6 Å². The fourth-order valence-electron chi connectivity index (χ4n) is 3.42. The van der Waals surface area contributed by atoms with Crippen LogP contribution in [0.15, 0.2) is 53.9 Å². The summed E-state index contributed by atoms with van der Waals surface area (Å²) in [5.41, 5.74) is 7.98. The van der Waals surface area contributed by atoms with Gasteiger partial charge >= 0.3 is 0 Å². The number of halogens is 2. The number of hydrogen-bond acceptors (Lipinski definition) is 5. The van der Waals surface area contributed by atoms with Gasteiger partial charge in [-0.15, -0.1) is 5.10 Å². The Morgan fingerprint density at radius 3 is 2.69 bits per heavy atom. The third-order valence-corrected chi connectivity index (χ3v) is 5.01. The third kappa shape index (κ3) is 3.18. The second-order valence-corrected chi connectivity index (χ2v) is 6.74. The highest BCUT2D eigenvalue weighted by atomic mass is 35.5. The van der Waals surface area contributed by atoms with Crippen molar-refractivity contribution < 1.29 is 13.9 Å². The number of H-pyrrole nitrogens is 1. The molecule has 4 rings (SSSR count). The molecule has 0 radical (unpaired) electrons. The SMILES string of the molecule is CCOc1ccc(-c2[nH]nc3c2C(c2c(F)cccc2Cl)C(C#N)=C(N)O3)cc1. The summed E-state index contributed by atoms with van der Waals surface area (Å²) in [6, 6.07) is 13.7. The molecular weight excluding hydrogens is 395 g/mol. The Morgan fingerprint density at radius 1 is 1.28 bits per heavy atom. The zero-order valence-corrected chi connectivity index (χ0v) is 16.1. The van der Waals surface area contributed by atoms with Gasteiger partial charge in [-0.2, -0.15) is 5.26 Å². The maximum Gasteiger partial charge on any atom is 0.244 e. The Bertz CT molecular complexity index is 1130. The third-order valence-electron chi connectivity index (χ3n) is 4.68. The van der Waals surface area contributed by atoms with Gasteiger partial charge in [0.2, 0.25) is 11.8 Å². The number of nitrogens with two attached hydrogens (primary N) is 1. The van der Waals surface area contributed by atoms with E-state index in [2.05, 4.69) is 10.2 Å². The number of benzene rings is 2. The molecular formula is C21H16ClFN4O2. The van der Waals surface area contributed by atoms with Crippen molar-refractivity contribution in [2.75, 3.05) is 6.61 Å². The van der Waals surface area contributed by atoms with Gasteiger partial charge < -0.3 is 15.2 Å². The molecule has 6 nitrogen and oxygen atoms in total. The highest BCUT2D eigenvalue weighted by Gasteiger charge is 2.38. The molecule has 1 aliphatic rings. The van der Waals surface area contributed by atoms with Crippen molar-refractivity contribution in [2.45, 2.75) is 12.8 Å². The zero-order chi connectivity index (χ0) is 20.5. The first-order chi connectivity index (χ1) is 14.0. The largest absolute Gasteiger partial charge is 0.494 e. The van der Waals surface area contributed by atoms with Gasteiger partial charge in [0.15, 0.2) is 0 Å². The van der Waals surface area contributed by atoms with Crippen molar-refractivity contribution in [2.24, 2.45) is 5.73 Å². The standard InChI is InChI=1S/C21H16ClFN4O2/c1-2-28-12-8-6-11(7-9-12)19-18-16(17-14(22)4-3-5-15(17)23)13(10-24)20(25)29-21(18)27-26-19/h3-9,16H,2,25H2,1H3,(H,26,27). The molecule has 0 amide bonds. The summed E-state index contributed by atoms with van der Waals surface area (Å²) in [6.45, 7) is 2.45. The van der Waals surface area contributed by atoms with Crippen molar-refractivity contribution in [3.63, 3.8) is 0 Å². The molecule has 0 saturated carbocycles. The van der Waals surface area contributed by atoms with Gasteiger partial charge in [0, 0.05) is 16.1 Å². The van der Waals surface area contributed by atoms with Crippen LogP contribution in [-0.2, 0) is 0 Å². The first-order valence-electron chi connectivity index (χ1n) is 8.88. The quantitative estimate of drug-likeness (QED) is 0.660. The molecule has 1 aromatic heterocycles. The Labute approximate surface area is 171 Å². The molecule has 146 valence electrons. The first kappa shape index (κ1) is 18.8. The molecule has 1 unspecified atom stereocenters. The smallest absolute Gasteiger partial charge is 0.244 e. The predicted molar refractivity (Wildman–Crippen MR) is 106 cm³/mol. The summed E-state index contributed by atoms with van der Waals surface area (Å²) in [5.74, 6) is -0.646.